The summed E-state index contributed by atoms with van der Waals surface area (Å²) >= 11 is 4.69. The molecule has 2 rings (SSSR count). The minimum Gasteiger partial charge on any atom is -0.478 e. The average molecular weight is 326 g/mol. The summed E-state index contributed by atoms with van der Waals surface area (Å²) in [7, 11) is 0. The monoisotopic (exact) mass is 325 g/mol. The van der Waals surface area contributed by atoms with Gasteiger partial charge in [-0.25, -0.2) is 4.79 Å². The van der Waals surface area contributed by atoms with Crippen LogP contribution in [0.1, 0.15) is 20.7 Å². The van der Waals surface area contributed by atoms with E-state index in [1.165, 1.54) is 23.5 Å². The molecule has 0 spiro atoms. The topological polar surface area (TPSA) is 66.4 Å². The van der Waals surface area contributed by atoms with E-state index in [0.29, 0.717) is 10.6 Å². The van der Waals surface area contributed by atoms with Crippen molar-refractivity contribution >= 4 is 44.1 Å². The highest BCUT2D eigenvalue weighted by molar-refractivity contribution is 9.11. The molecule has 2 N–H and O–H groups in total. The summed E-state index contributed by atoms with van der Waals surface area (Å²) in [5.74, 6) is -1.38. The Morgan fingerprint density at radius 2 is 1.89 bits per heavy atom. The highest BCUT2D eigenvalue weighted by Gasteiger charge is 2.10. The Morgan fingerprint density at radius 3 is 2.50 bits per heavy atom. The Morgan fingerprint density at radius 1 is 1.17 bits per heavy atom. The van der Waals surface area contributed by atoms with Gasteiger partial charge in [0, 0.05) is 5.56 Å². The predicted octanol–water partition coefficient (Wildman–Crippen LogP) is 3.46. The zero-order valence-corrected chi connectivity index (χ0v) is 11.4. The van der Waals surface area contributed by atoms with E-state index in [0.717, 1.165) is 3.79 Å². The van der Waals surface area contributed by atoms with Gasteiger partial charge in [0.25, 0.3) is 5.91 Å². The van der Waals surface area contributed by atoms with Crippen molar-refractivity contribution in [2.24, 2.45) is 0 Å². The maximum Gasteiger partial charge on any atom is 0.335 e. The van der Waals surface area contributed by atoms with Gasteiger partial charge in [-0.05, 0) is 46.3 Å². The number of carbonyl (C=O) groups excluding carboxylic acids is 1. The van der Waals surface area contributed by atoms with Gasteiger partial charge in [-0.1, -0.05) is 6.07 Å². The van der Waals surface area contributed by atoms with E-state index in [-0.39, 0.29) is 11.5 Å². The Bertz CT molecular complexity index is 609. The molecule has 4 nitrogen and oxygen atoms in total. The highest BCUT2D eigenvalue weighted by Crippen LogP contribution is 2.26. The smallest absolute Gasteiger partial charge is 0.335 e. The van der Waals surface area contributed by atoms with Crippen LogP contribution >= 0.6 is 27.3 Å². The highest BCUT2D eigenvalue weighted by atomic mass is 79.9. The molecular formula is C12H8BrNO3S. The fourth-order valence-electron chi connectivity index (χ4n) is 1.36. The Kier molecular flexibility index (Phi) is 3.78. The predicted molar refractivity (Wildman–Crippen MR) is 73.4 cm³/mol. The Hall–Kier alpha value is -1.66. The molecule has 1 heterocycles. The molecule has 2 aromatic rings. The molecule has 0 bridgehead atoms. The summed E-state index contributed by atoms with van der Waals surface area (Å²) < 4.78 is 0.914. The van der Waals surface area contributed by atoms with Crippen molar-refractivity contribution in [2.75, 3.05) is 5.32 Å². The number of nitrogens with one attached hydrogen (secondary N) is 1. The molecule has 0 saturated carbocycles. The fourth-order valence-corrected chi connectivity index (χ4v) is 2.64. The van der Waals surface area contributed by atoms with Crippen LogP contribution in [0.5, 0.6) is 0 Å². The summed E-state index contributed by atoms with van der Waals surface area (Å²) in [6.45, 7) is 0. The third-order valence-electron chi connectivity index (χ3n) is 2.18. The summed E-state index contributed by atoms with van der Waals surface area (Å²) in [5.41, 5.74) is 0.412. The number of carboxylic acids is 1. The number of amides is 1. The lowest BCUT2D eigenvalue weighted by atomic mass is 10.1. The number of anilines is 1. The van der Waals surface area contributed by atoms with Crippen molar-refractivity contribution in [3.63, 3.8) is 0 Å². The van der Waals surface area contributed by atoms with Gasteiger partial charge < -0.3 is 10.4 Å². The second kappa shape index (κ2) is 5.32. The zero-order chi connectivity index (χ0) is 13.1. The van der Waals surface area contributed by atoms with Crippen LogP contribution in [0.25, 0.3) is 0 Å². The van der Waals surface area contributed by atoms with Crippen LogP contribution in [-0.4, -0.2) is 17.0 Å². The number of hydrogen-bond donors (Lipinski definition) is 2. The van der Waals surface area contributed by atoms with Gasteiger partial charge >= 0.3 is 5.97 Å². The van der Waals surface area contributed by atoms with E-state index < -0.39 is 5.97 Å². The average Bonchev–Trinajstić information content (AvgIpc) is 2.75. The van der Waals surface area contributed by atoms with Crippen LogP contribution in [0, 0.1) is 0 Å². The van der Waals surface area contributed by atoms with E-state index in [9.17, 15) is 9.59 Å². The molecule has 0 radical (unpaired) electrons. The third kappa shape index (κ3) is 2.96. The van der Waals surface area contributed by atoms with E-state index in [1.807, 2.05) is 6.07 Å². The van der Waals surface area contributed by atoms with Crippen LogP contribution in [0.4, 0.5) is 5.00 Å². The van der Waals surface area contributed by atoms with Crippen LogP contribution in [0.3, 0.4) is 0 Å². The lowest BCUT2D eigenvalue weighted by Crippen LogP contribution is -2.11. The van der Waals surface area contributed by atoms with Crippen LogP contribution < -0.4 is 5.32 Å². The largest absolute Gasteiger partial charge is 0.478 e. The van der Waals surface area contributed by atoms with Crippen molar-refractivity contribution in [2.45, 2.75) is 0 Å². The van der Waals surface area contributed by atoms with E-state index in [1.54, 1.807) is 18.2 Å². The van der Waals surface area contributed by atoms with Gasteiger partial charge in [-0.3, -0.25) is 4.79 Å². The van der Waals surface area contributed by atoms with E-state index >= 15 is 0 Å². The molecule has 1 aromatic heterocycles. The molecule has 1 amide bonds. The number of hydrogen-bond acceptors (Lipinski definition) is 3. The molecule has 18 heavy (non-hydrogen) atoms. The summed E-state index contributed by atoms with van der Waals surface area (Å²) in [6.07, 6.45) is 0. The molecule has 0 aliphatic rings. The maximum absolute atomic E-state index is 11.9. The van der Waals surface area contributed by atoms with Crippen molar-refractivity contribution in [3.05, 3.63) is 51.3 Å². The number of carbonyl (C=O) groups is 2. The van der Waals surface area contributed by atoms with Gasteiger partial charge in [0.1, 0.15) is 0 Å². The SMILES string of the molecule is O=C(O)c1cccc(C(=O)Nc2ccc(Br)s2)c1. The molecule has 0 aliphatic heterocycles. The molecule has 0 saturated heterocycles. The fraction of sp³-hybridized carbons (Fsp3) is 0. The summed E-state index contributed by atoms with van der Waals surface area (Å²) in [5, 5.41) is 12.3. The minimum absolute atomic E-state index is 0.0926. The number of aromatic carboxylic acids is 1. The molecule has 1 aromatic carbocycles. The van der Waals surface area contributed by atoms with Crippen molar-refractivity contribution in [1.29, 1.82) is 0 Å². The van der Waals surface area contributed by atoms with Gasteiger partial charge in [-0.15, -0.1) is 11.3 Å². The molecule has 0 aliphatic carbocycles. The molecule has 92 valence electrons. The lowest BCUT2D eigenvalue weighted by molar-refractivity contribution is 0.0697. The first-order valence-electron chi connectivity index (χ1n) is 4.96. The summed E-state index contributed by atoms with van der Waals surface area (Å²) in [4.78, 5) is 22.7. The van der Waals surface area contributed by atoms with Crippen LogP contribution in [-0.2, 0) is 0 Å². The minimum atomic E-state index is -1.05. The molecule has 0 atom stereocenters. The second-order valence-corrected chi connectivity index (χ2v) is 5.91. The number of halogens is 1. The van der Waals surface area contributed by atoms with Crippen molar-refractivity contribution in [1.82, 2.24) is 0 Å². The molecular weight excluding hydrogens is 318 g/mol. The normalized spacial score (nSPS) is 10.1. The standard InChI is InChI=1S/C12H8BrNO3S/c13-9-4-5-10(18-9)14-11(15)7-2-1-3-8(6-7)12(16)17/h1-6H,(H,14,15)(H,16,17). The molecule has 0 unspecified atom stereocenters. The van der Waals surface area contributed by atoms with Crippen LogP contribution in [0.15, 0.2) is 40.2 Å². The second-order valence-electron chi connectivity index (χ2n) is 3.44. The third-order valence-corrected chi connectivity index (χ3v) is 3.72. The van der Waals surface area contributed by atoms with Gasteiger partial charge in [0.2, 0.25) is 0 Å². The maximum atomic E-state index is 11.9. The number of benzene rings is 1. The number of thiophene rings is 1. The van der Waals surface area contributed by atoms with Crippen molar-refractivity contribution < 1.29 is 14.7 Å². The van der Waals surface area contributed by atoms with Crippen molar-refractivity contribution in [3.8, 4) is 0 Å². The van der Waals surface area contributed by atoms with Gasteiger partial charge in [-0.2, -0.15) is 0 Å². The van der Waals surface area contributed by atoms with E-state index in [2.05, 4.69) is 21.2 Å². The summed E-state index contributed by atoms with van der Waals surface area (Å²) in [6, 6.07) is 9.51. The first-order chi connectivity index (χ1) is 8.56. The lowest BCUT2D eigenvalue weighted by Gasteiger charge is -2.03. The van der Waals surface area contributed by atoms with Gasteiger partial charge in [0.15, 0.2) is 0 Å². The molecule has 0 fully saturated rings. The van der Waals surface area contributed by atoms with Crippen LogP contribution in [0.2, 0.25) is 0 Å². The Balaban J connectivity index is 2.18. The quantitative estimate of drug-likeness (QED) is 0.908. The van der Waals surface area contributed by atoms with E-state index in [4.69, 9.17) is 5.11 Å². The Labute approximate surface area is 115 Å². The first-order valence-corrected chi connectivity index (χ1v) is 6.57. The number of rotatable bonds is 3. The van der Waals surface area contributed by atoms with Gasteiger partial charge in [0.05, 0.1) is 14.4 Å². The first kappa shape index (κ1) is 12.8. The number of carboxylic acid groups (broad SMARTS) is 1. The zero-order valence-electron chi connectivity index (χ0n) is 9.01. The molecule has 6 heteroatoms.